The Bertz CT molecular complexity index is 1250. The Morgan fingerprint density at radius 2 is 1.77 bits per heavy atom. The fourth-order valence-corrected chi connectivity index (χ4v) is 3.99. The molecule has 1 aromatic heterocycles. The Balaban J connectivity index is 1.79. The van der Waals surface area contributed by atoms with Crippen LogP contribution >= 0.6 is 0 Å². The average molecular weight is 476 g/mol. The first-order chi connectivity index (χ1) is 16.8. The molecule has 7 nitrogen and oxygen atoms in total. The molecule has 2 heterocycles. The standard InChI is InChI=1S/C28H29NO6/c1-5-33-22-8-6-7-20(15-22)29-25(23-14-9-18(4)35-23)24(27(31)28(29)32)26(30)19-10-12-21(13-11-19)34-16-17(2)3/h6-15,17,25,30H,5,16H2,1-4H3/b26-24-. The minimum absolute atomic E-state index is 0.0398. The van der Waals surface area contributed by atoms with Gasteiger partial charge in [-0.05, 0) is 68.3 Å². The maximum absolute atomic E-state index is 13.2. The van der Waals surface area contributed by atoms with Crippen molar-refractivity contribution in [2.75, 3.05) is 18.1 Å². The number of nitrogens with zero attached hydrogens (tertiary/aromatic N) is 1. The van der Waals surface area contributed by atoms with Gasteiger partial charge in [-0.25, -0.2) is 0 Å². The first-order valence-corrected chi connectivity index (χ1v) is 11.6. The zero-order valence-electron chi connectivity index (χ0n) is 20.3. The van der Waals surface area contributed by atoms with Crippen LogP contribution in [0.15, 0.2) is 70.7 Å². The van der Waals surface area contributed by atoms with Crippen molar-refractivity contribution >= 4 is 23.1 Å². The monoisotopic (exact) mass is 475 g/mol. The first kappa shape index (κ1) is 24.1. The summed E-state index contributed by atoms with van der Waals surface area (Å²) in [6, 6.07) is 16.3. The normalized spacial score (nSPS) is 17.3. The van der Waals surface area contributed by atoms with Crippen LogP contribution in [-0.4, -0.2) is 30.0 Å². The summed E-state index contributed by atoms with van der Waals surface area (Å²) >= 11 is 0. The van der Waals surface area contributed by atoms with E-state index < -0.39 is 17.7 Å². The number of aryl methyl sites for hydroxylation is 1. The SMILES string of the molecule is CCOc1cccc(N2C(=O)C(=O)/C(=C(\O)c3ccc(OCC(C)C)cc3)C2c2ccc(C)o2)c1. The molecule has 35 heavy (non-hydrogen) atoms. The molecular weight excluding hydrogens is 446 g/mol. The molecule has 0 saturated carbocycles. The molecule has 7 heteroatoms. The van der Waals surface area contributed by atoms with Gasteiger partial charge in [0.25, 0.3) is 11.7 Å². The van der Waals surface area contributed by atoms with Crippen molar-refractivity contribution in [3.63, 3.8) is 0 Å². The smallest absolute Gasteiger partial charge is 0.300 e. The molecular formula is C28H29NO6. The molecule has 0 aliphatic carbocycles. The number of benzene rings is 2. The maximum Gasteiger partial charge on any atom is 0.300 e. The number of aliphatic hydroxyl groups is 1. The largest absolute Gasteiger partial charge is 0.507 e. The van der Waals surface area contributed by atoms with E-state index in [0.29, 0.717) is 53.4 Å². The first-order valence-electron chi connectivity index (χ1n) is 11.6. The van der Waals surface area contributed by atoms with Gasteiger partial charge >= 0.3 is 0 Å². The Morgan fingerprint density at radius 3 is 2.40 bits per heavy atom. The molecule has 1 amide bonds. The van der Waals surface area contributed by atoms with E-state index in [1.807, 2.05) is 6.92 Å². The molecule has 1 N–H and O–H groups in total. The van der Waals surface area contributed by atoms with Crippen LogP contribution in [0.25, 0.3) is 5.76 Å². The number of hydrogen-bond donors (Lipinski definition) is 1. The Hall–Kier alpha value is -4.00. The second kappa shape index (κ2) is 10.1. The van der Waals surface area contributed by atoms with Gasteiger partial charge in [0.1, 0.15) is 34.8 Å². The molecule has 1 atom stereocenters. The number of amides is 1. The molecule has 3 aromatic rings. The van der Waals surface area contributed by atoms with E-state index in [2.05, 4.69) is 13.8 Å². The third-order valence-corrected chi connectivity index (χ3v) is 5.59. The number of anilines is 1. The van der Waals surface area contributed by atoms with Gasteiger partial charge in [-0.3, -0.25) is 14.5 Å². The van der Waals surface area contributed by atoms with E-state index in [1.54, 1.807) is 67.6 Å². The third-order valence-electron chi connectivity index (χ3n) is 5.59. The number of aliphatic hydroxyl groups excluding tert-OH is 1. The molecule has 1 unspecified atom stereocenters. The zero-order chi connectivity index (χ0) is 25.1. The van der Waals surface area contributed by atoms with Gasteiger partial charge < -0.3 is 19.0 Å². The van der Waals surface area contributed by atoms with Crippen LogP contribution in [0.1, 0.15) is 43.9 Å². The van der Waals surface area contributed by atoms with Crippen LogP contribution in [0, 0.1) is 12.8 Å². The van der Waals surface area contributed by atoms with Gasteiger partial charge in [0.15, 0.2) is 0 Å². The van der Waals surface area contributed by atoms with Crippen molar-refractivity contribution in [2.24, 2.45) is 5.92 Å². The van der Waals surface area contributed by atoms with E-state index >= 15 is 0 Å². The minimum atomic E-state index is -0.933. The minimum Gasteiger partial charge on any atom is -0.507 e. The van der Waals surface area contributed by atoms with Crippen molar-refractivity contribution in [3.8, 4) is 11.5 Å². The lowest BCUT2D eigenvalue weighted by Gasteiger charge is -2.24. The van der Waals surface area contributed by atoms with Crippen LogP contribution in [0.3, 0.4) is 0 Å². The highest BCUT2D eigenvalue weighted by Crippen LogP contribution is 2.43. The van der Waals surface area contributed by atoms with Crippen molar-refractivity contribution in [1.82, 2.24) is 0 Å². The lowest BCUT2D eigenvalue weighted by atomic mass is 9.99. The van der Waals surface area contributed by atoms with Crippen LogP contribution < -0.4 is 14.4 Å². The quantitative estimate of drug-likeness (QED) is 0.257. The van der Waals surface area contributed by atoms with Gasteiger partial charge in [-0.2, -0.15) is 0 Å². The van der Waals surface area contributed by atoms with Crippen LogP contribution in [0.4, 0.5) is 5.69 Å². The predicted molar refractivity (Wildman–Crippen MR) is 133 cm³/mol. The topological polar surface area (TPSA) is 89.2 Å². The molecule has 182 valence electrons. The van der Waals surface area contributed by atoms with Crippen molar-refractivity contribution in [2.45, 2.75) is 33.7 Å². The van der Waals surface area contributed by atoms with E-state index in [0.717, 1.165) is 0 Å². The molecule has 0 radical (unpaired) electrons. The Labute approximate surface area is 204 Å². The lowest BCUT2D eigenvalue weighted by Crippen LogP contribution is -2.29. The van der Waals surface area contributed by atoms with Crippen LogP contribution in [0.2, 0.25) is 0 Å². The number of Topliss-reactive ketones (excluding diaryl/α,β-unsaturated/α-hetero) is 1. The summed E-state index contributed by atoms with van der Waals surface area (Å²) in [7, 11) is 0. The molecule has 2 aromatic carbocycles. The highest BCUT2D eigenvalue weighted by molar-refractivity contribution is 6.51. The highest BCUT2D eigenvalue weighted by Gasteiger charge is 2.48. The second-order valence-corrected chi connectivity index (χ2v) is 8.78. The maximum atomic E-state index is 13.2. The summed E-state index contributed by atoms with van der Waals surface area (Å²) in [6.07, 6.45) is 0. The number of rotatable bonds is 8. The van der Waals surface area contributed by atoms with Gasteiger partial charge in [0, 0.05) is 17.3 Å². The summed E-state index contributed by atoms with van der Waals surface area (Å²) < 4.78 is 17.1. The summed E-state index contributed by atoms with van der Waals surface area (Å²) in [6.45, 7) is 8.78. The van der Waals surface area contributed by atoms with Gasteiger partial charge in [-0.1, -0.05) is 19.9 Å². The summed E-state index contributed by atoms with van der Waals surface area (Å²) in [5.74, 6) is 0.778. The third kappa shape index (κ3) is 4.94. The number of carbonyl (C=O) groups is 2. The van der Waals surface area contributed by atoms with E-state index in [1.165, 1.54) is 4.90 Å². The number of hydrogen-bond acceptors (Lipinski definition) is 6. The molecule has 1 fully saturated rings. The van der Waals surface area contributed by atoms with Gasteiger partial charge in [-0.15, -0.1) is 0 Å². The highest BCUT2D eigenvalue weighted by atomic mass is 16.5. The zero-order valence-corrected chi connectivity index (χ0v) is 20.3. The summed E-state index contributed by atoms with van der Waals surface area (Å²) in [5.41, 5.74) is 0.826. The Kier molecular flexibility index (Phi) is 6.96. The molecule has 0 bridgehead atoms. The van der Waals surface area contributed by atoms with E-state index in [9.17, 15) is 14.7 Å². The van der Waals surface area contributed by atoms with E-state index in [4.69, 9.17) is 13.9 Å². The van der Waals surface area contributed by atoms with Crippen LogP contribution in [-0.2, 0) is 9.59 Å². The number of ketones is 1. The molecule has 4 rings (SSSR count). The number of carbonyl (C=O) groups excluding carboxylic acids is 2. The van der Waals surface area contributed by atoms with E-state index in [-0.39, 0.29) is 11.3 Å². The number of ether oxygens (including phenoxy) is 2. The predicted octanol–water partition coefficient (Wildman–Crippen LogP) is 5.65. The van der Waals surface area contributed by atoms with Crippen molar-refractivity contribution in [1.29, 1.82) is 0 Å². The second-order valence-electron chi connectivity index (χ2n) is 8.78. The van der Waals surface area contributed by atoms with Crippen molar-refractivity contribution < 1.29 is 28.6 Å². The van der Waals surface area contributed by atoms with Crippen LogP contribution in [0.5, 0.6) is 11.5 Å². The van der Waals surface area contributed by atoms with Crippen molar-refractivity contribution in [3.05, 3.63) is 83.3 Å². The number of furan rings is 1. The molecule has 1 saturated heterocycles. The fraction of sp³-hybridized carbons (Fsp3) is 0.286. The lowest BCUT2D eigenvalue weighted by molar-refractivity contribution is -0.132. The summed E-state index contributed by atoms with van der Waals surface area (Å²) in [4.78, 5) is 27.8. The average Bonchev–Trinajstić information content (AvgIpc) is 3.38. The molecule has 1 aliphatic rings. The molecule has 0 spiro atoms. The fourth-order valence-electron chi connectivity index (χ4n) is 3.99. The van der Waals surface area contributed by atoms with Gasteiger partial charge in [0.05, 0.1) is 18.8 Å². The molecule has 1 aliphatic heterocycles. The summed E-state index contributed by atoms with van der Waals surface area (Å²) in [5, 5.41) is 11.2. The van der Waals surface area contributed by atoms with Gasteiger partial charge in [0.2, 0.25) is 0 Å². The Morgan fingerprint density at radius 1 is 1.03 bits per heavy atom.